The Kier molecular flexibility index (Phi) is 9.45. The fraction of sp³-hybridized carbons (Fsp3) is 0.514. The summed E-state index contributed by atoms with van der Waals surface area (Å²) in [6.07, 6.45) is 0.733. The maximum atomic E-state index is 13.7. The van der Waals surface area contributed by atoms with Gasteiger partial charge in [0.15, 0.2) is 15.6 Å². The summed E-state index contributed by atoms with van der Waals surface area (Å²) < 4.78 is 77.4. The highest BCUT2D eigenvalue weighted by Gasteiger charge is 2.50. The number of halogens is 3. The lowest BCUT2D eigenvalue weighted by molar-refractivity contribution is -0.200. The Morgan fingerprint density at radius 1 is 1.08 bits per heavy atom. The van der Waals surface area contributed by atoms with Gasteiger partial charge in [0, 0.05) is 54.0 Å². The Morgan fingerprint density at radius 2 is 1.81 bits per heavy atom. The number of alkyl halides is 3. The van der Waals surface area contributed by atoms with Gasteiger partial charge in [0.2, 0.25) is 0 Å². The molecule has 258 valence electrons. The lowest BCUT2D eigenvalue weighted by Gasteiger charge is -2.58. The largest absolute Gasteiger partial charge is 0.424 e. The number of fused-ring (bicyclic) bond motifs is 1. The molecule has 1 aliphatic carbocycles. The molecule has 0 amide bonds. The maximum Gasteiger partial charge on any atom is 0.406 e. The molecule has 1 aromatic heterocycles. The lowest BCUT2D eigenvalue weighted by Crippen LogP contribution is -2.68. The average molecular weight is 687 g/mol. The van der Waals surface area contributed by atoms with Gasteiger partial charge in [-0.25, -0.2) is 8.42 Å². The Balaban J connectivity index is 1.17. The highest BCUT2D eigenvalue weighted by Crippen LogP contribution is 2.41. The molecule has 6 rings (SSSR count). The lowest BCUT2D eigenvalue weighted by atomic mass is 9.75. The zero-order chi connectivity index (χ0) is 34.3. The second-order valence-electron chi connectivity index (χ2n) is 13.7. The molecule has 3 aromatic rings. The van der Waals surface area contributed by atoms with Crippen molar-refractivity contribution in [2.45, 2.75) is 69.2 Å². The van der Waals surface area contributed by atoms with Crippen molar-refractivity contribution in [1.82, 2.24) is 9.47 Å². The number of likely N-dealkylation sites (tertiary alicyclic amines) is 1. The van der Waals surface area contributed by atoms with Gasteiger partial charge in [-0.2, -0.15) is 13.2 Å². The van der Waals surface area contributed by atoms with Crippen LogP contribution in [-0.4, -0.2) is 81.2 Å². The van der Waals surface area contributed by atoms with Crippen molar-refractivity contribution in [2.24, 2.45) is 11.3 Å². The molecule has 1 saturated carbocycles. The third kappa shape index (κ3) is 7.61. The normalized spacial score (nSPS) is 20.9. The Morgan fingerprint density at radius 3 is 2.44 bits per heavy atom. The zero-order valence-corrected chi connectivity index (χ0v) is 28.1. The molecule has 0 unspecified atom stereocenters. The fourth-order valence-electron chi connectivity index (χ4n) is 6.78. The molecule has 0 bridgehead atoms. The zero-order valence-electron chi connectivity index (χ0n) is 27.3. The highest BCUT2D eigenvalue weighted by atomic mass is 32.2. The van der Waals surface area contributed by atoms with Crippen LogP contribution >= 0.6 is 0 Å². The summed E-state index contributed by atoms with van der Waals surface area (Å²) in [5.41, 5.74) is 2.16. The third-order valence-corrected chi connectivity index (χ3v) is 10.5. The van der Waals surface area contributed by atoms with Crippen LogP contribution in [0.2, 0.25) is 0 Å². The maximum absolute atomic E-state index is 13.7. The van der Waals surface area contributed by atoms with Gasteiger partial charge in [-0.05, 0) is 61.9 Å². The van der Waals surface area contributed by atoms with Crippen LogP contribution in [0.15, 0.2) is 47.4 Å². The molecule has 0 radical (unpaired) electrons. The van der Waals surface area contributed by atoms with E-state index in [0.717, 1.165) is 63.9 Å². The first-order valence-corrected chi connectivity index (χ1v) is 18.1. The van der Waals surface area contributed by atoms with Gasteiger partial charge in [0.1, 0.15) is 6.54 Å². The van der Waals surface area contributed by atoms with Crippen LogP contribution in [0.3, 0.4) is 0 Å². The predicted molar refractivity (Wildman–Crippen MR) is 178 cm³/mol. The third-order valence-electron chi connectivity index (χ3n) is 9.40. The van der Waals surface area contributed by atoms with E-state index >= 15 is 0 Å². The van der Waals surface area contributed by atoms with Crippen molar-refractivity contribution >= 4 is 38.1 Å². The van der Waals surface area contributed by atoms with Gasteiger partial charge in [-0.15, -0.1) is 0 Å². The minimum absolute atomic E-state index is 0.00248. The molecule has 3 heterocycles. The Labute approximate surface area is 279 Å². The quantitative estimate of drug-likeness (QED) is 0.168. The number of benzene rings is 2. The number of carbonyl (C=O) groups excluding carboxylic acids is 1. The summed E-state index contributed by atoms with van der Waals surface area (Å²) in [6.45, 7) is 6.09. The molecule has 3 aliphatic rings. The van der Waals surface area contributed by atoms with Crippen LogP contribution in [-0.2, 0) is 25.9 Å². The monoisotopic (exact) mass is 686 g/mol. The number of anilines is 2. The van der Waals surface area contributed by atoms with Crippen LogP contribution in [0.5, 0.6) is 5.75 Å². The summed E-state index contributed by atoms with van der Waals surface area (Å²) in [6, 6.07) is 12.0. The molecular weight excluding hydrogens is 645 g/mol. The van der Waals surface area contributed by atoms with Crippen molar-refractivity contribution in [3.63, 3.8) is 0 Å². The average Bonchev–Trinajstić information content (AvgIpc) is 3.31. The van der Waals surface area contributed by atoms with Gasteiger partial charge in [-0.3, -0.25) is 9.69 Å². The van der Waals surface area contributed by atoms with E-state index in [1.54, 1.807) is 32.0 Å². The van der Waals surface area contributed by atoms with E-state index in [-0.39, 0.29) is 28.9 Å². The molecule has 2 aromatic carbocycles. The number of ether oxygens (including phenoxy) is 2. The van der Waals surface area contributed by atoms with Crippen molar-refractivity contribution < 1.29 is 35.9 Å². The van der Waals surface area contributed by atoms with E-state index in [4.69, 9.17) is 9.47 Å². The van der Waals surface area contributed by atoms with Crippen molar-refractivity contribution in [3.05, 3.63) is 48.2 Å². The van der Waals surface area contributed by atoms with Gasteiger partial charge in [-0.1, -0.05) is 25.8 Å². The van der Waals surface area contributed by atoms with Crippen LogP contribution in [0, 0.1) is 23.2 Å². The number of sulfone groups is 1. The molecule has 13 heteroatoms. The number of nitrogens with zero attached hydrogens (tertiary/aromatic N) is 2. The Hall–Kier alpha value is -3.73. The second-order valence-corrected chi connectivity index (χ2v) is 15.7. The van der Waals surface area contributed by atoms with E-state index in [9.17, 15) is 26.4 Å². The number of rotatable bonds is 9. The number of carbonyl (C=O) groups is 1. The van der Waals surface area contributed by atoms with Crippen molar-refractivity contribution in [3.8, 4) is 17.6 Å². The number of nitrogens with one attached hydrogen (secondary N) is 2. The molecule has 48 heavy (non-hydrogen) atoms. The van der Waals surface area contributed by atoms with Gasteiger partial charge < -0.3 is 24.7 Å². The van der Waals surface area contributed by atoms with Crippen molar-refractivity contribution in [2.75, 3.05) is 49.7 Å². The second kappa shape index (κ2) is 13.3. The van der Waals surface area contributed by atoms with Crippen LogP contribution in [0.1, 0.15) is 45.2 Å². The van der Waals surface area contributed by atoms with E-state index in [1.165, 1.54) is 22.8 Å². The molecule has 9 nitrogen and oxygen atoms in total. The molecule has 0 atom stereocenters. The summed E-state index contributed by atoms with van der Waals surface area (Å²) in [5, 5.41) is 7.30. The van der Waals surface area contributed by atoms with Crippen LogP contribution in [0.25, 0.3) is 10.9 Å². The molecule has 2 N–H and O–H groups in total. The summed E-state index contributed by atoms with van der Waals surface area (Å²) in [5.74, 6) is 4.81. The standard InChI is InChI=1S/C35H41F3N4O5S/c1-23(2)33(43)47-32-17-27(48(3,44)45)13-14-30(32)39-15-5-6-26-16-28-29(7-4-8-31(28)42(26)20-35(36,37)38)40-24-9-11-25(12-10-24)41-18-34(19-41)21-46-22-34/h4,7-8,13-14,16-17,23-25,39-40H,9-12,15,18-22H2,1-3H3/t24-,25-. The first-order valence-electron chi connectivity index (χ1n) is 16.3. The minimum atomic E-state index is -4.46. The Bertz CT molecular complexity index is 1840. The van der Waals surface area contributed by atoms with Crippen molar-refractivity contribution in [1.29, 1.82) is 0 Å². The van der Waals surface area contributed by atoms with E-state index < -0.39 is 34.4 Å². The fourth-order valence-corrected chi connectivity index (χ4v) is 7.42. The number of aromatic nitrogens is 1. The van der Waals surface area contributed by atoms with Crippen LogP contribution < -0.4 is 15.4 Å². The van der Waals surface area contributed by atoms with E-state index in [0.29, 0.717) is 28.0 Å². The minimum Gasteiger partial charge on any atom is -0.424 e. The van der Waals surface area contributed by atoms with Gasteiger partial charge >= 0.3 is 12.1 Å². The molecule has 1 spiro atoms. The number of hydrogen-bond donors (Lipinski definition) is 2. The number of esters is 1. The van der Waals surface area contributed by atoms with E-state index in [1.807, 2.05) is 6.07 Å². The first kappa shape index (κ1) is 34.1. The summed E-state index contributed by atoms with van der Waals surface area (Å²) in [4.78, 5) is 14.8. The molecule has 3 fully saturated rings. The molecule has 2 aliphatic heterocycles. The number of hydrogen-bond acceptors (Lipinski definition) is 8. The smallest absolute Gasteiger partial charge is 0.406 e. The predicted octanol–water partition coefficient (Wildman–Crippen LogP) is 5.69. The SMILES string of the molecule is CC(C)C(=O)Oc1cc(S(C)(=O)=O)ccc1NCC#Cc1cc2c(N[C@H]3CC[C@H](N4CC5(COC5)C4)CC3)cccc2n1CC(F)(F)F. The topological polar surface area (TPSA) is 102 Å². The van der Waals surface area contributed by atoms with E-state index in [2.05, 4.69) is 27.4 Å². The molecule has 2 saturated heterocycles. The summed E-state index contributed by atoms with van der Waals surface area (Å²) >= 11 is 0. The van der Waals surface area contributed by atoms with Gasteiger partial charge in [0.05, 0.1) is 47.5 Å². The van der Waals surface area contributed by atoms with Crippen LogP contribution in [0.4, 0.5) is 24.5 Å². The highest BCUT2D eigenvalue weighted by molar-refractivity contribution is 7.90. The molecular formula is C35H41F3N4O5S. The summed E-state index contributed by atoms with van der Waals surface area (Å²) in [7, 11) is -3.57. The van der Waals surface area contributed by atoms with Gasteiger partial charge in [0.25, 0.3) is 0 Å². The first-order chi connectivity index (χ1) is 22.7.